The predicted octanol–water partition coefficient (Wildman–Crippen LogP) is 3.75. The molecule has 1 aliphatic heterocycles. The van der Waals surface area contributed by atoms with Crippen LogP contribution >= 0.6 is 0 Å². The van der Waals surface area contributed by atoms with Gasteiger partial charge in [-0.2, -0.15) is 0 Å². The first-order valence-electron chi connectivity index (χ1n) is 10.0. The number of carbonyl (C=O) groups excluding carboxylic acids is 1. The van der Waals surface area contributed by atoms with Gasteiger partial charge in [-0.25, -0.2) is 4.98 Å². The lowest BCUT2D eigenvalue weighted by Crippen LogP contribution is -2.30. The third kappa shape index (κ3) is 2.99. The lowest BCUT2D eigenvalue weighted by atomic mass is 9.96. The molecule has 1 aliphatic rings. The molecule has 3 aromatic carbocycles. The van der Waals surface area contributed by atoms with Crippen LogP contribution in [0.1, 0.15) is 22.9 Å². The minimum atomic E-state index is -0.346. The number of aromatic nitrogens is 2. The monoisotopic (exact) mass is 395 g/mol. The van der Waals surface area contributed by atoms with Gasteiger partial charge in [-0.1, -0.05) is 60.7 Å². The van der Waals surface area contributed by atoms with Crippen LogP contribution in [-0.4, -0.2) is 22.5 Å². The molecule has 0 aliphatic carbocycles. The Morgan fingerprint density at radius 2 is 1.57 bits per heavy atom. The zero-order valence-electron chi connectivity index (χ0n) is 16.7. The molecule has 1 amide bonds. The minimum Gasteiger partial charge on any atom is -0.315 e. The van der Waals surface area contributed by atoms with E-state index in [1.807, 2.05) is 72.8 Å². The van der Waals surface area contributed by atoms with E-state index in [1.54, 1.807) is 22.6 Å². The van der Waals surface area contributed by atoms with Crippen molar-refractivity contribution in [2.45, 2.75) is 18.9 Å². The number of likely N-dealkylation sites (N-methyl/N-ethyl adjacent to an activating group) is 1. The molecule has 0 saturated heterocycles. The highest BCUT2D eigenvalue weighted by Crippen LogP contribution is 2.37. The number of anilines is 1. The van der Waals surface area contributed by atoms with Gasteiger partial charge in [0, 0.05) is 19.2 Å². The van der Waals surface area contributed by atoms with E-state index >= 15 is 0 Å². The molecule has 0 saturated carbocycles. The Labute approximate surface area is 174 Å². The Hall–Kier alpha value is -3.73. The third-order valence-corrected chi connectivity index (χ3v) is 5.81. The fourth-order valence-electron chi connectivity index (χ4n) is 4.25. The number of para-hydroxylation sites is 2. The summed E-state index contributed by atoms with van der Waals surface area (Å²) in [4.78, 5) is 32.9. The van der Waals surface area contributed by atoms with Gasteiger partial charge >= 0.3 is 0 Å². The highest BCUT2D eigenvalue weighted by atomic mass is 16.2. The summed E-state index contributed by atoms with van der Waals surface area (Å²) in [7, 11) is 1.80. The van der Waals surface area contributed by atoms with Gasteiger partial charge in [-0.3, -0.25) is 14.2 Å². The fraction of sp³-hybridized carbons (Fsp3) is 0.160. The Bertz CT molecular complexity index is 1310. The van der Waals surface area contributed by atoms with E-state index in [1.165, 1.54) is 0 Å². The number of nitrogens with zero attached hydrogens (tertiary/aromatic N) is 3. The molecule has 5 heteroatoms. The molecule has 1 aromatic heterocycles. The zero-order valence-corrected chi connectivity index (χ0v) is 16.7. The number of carbonyl (C=O) groups is 1. The third-order valence-electron chi connectivity index (χ3n) is 5.81. The molecule has 0 fully saturated rings. The van der Waals surface area contributed by atoms with E-state index in [2.05, 4.69) is 0 Å². The number of benzene rings is 3. The van der Waals surface area contributed by atoms with Crippen molar-refractivity contribution in [1.82, 2.24) is 9.55 Å². The first-order chi connectivity index (χ1) is 14.6. The SMILES string of the molecule is CN1C(=O)[C@H](Cc2nc3ccccc3c(=O)n2Cc2ccccc2)c2ccccc21. The van der Waals surface area contributed by atoms with Crippen molar-refractivity contribution >= 4 is 22.5 Å². The molecule has 4 aromatic rings. The molecule has 1 atom stereocenters. The van der Waals surface area contributed by atoms with E-state index in [0.717, 1.165) is 16.8 Å². The summed E-state index contributed by atoms with van der Waals surface area (Å²) in [6, 6.07) is 25.1. The van der Waals surface area contributed by atoms with Crippen molar-refractivity contribution in [1.29, 1.82) is 0 Å². The summed E-state index contributed by atoms with van der Waals surface area (Å²) in [5.74, 6) is 0.317. The topological polar surface area (TPSA) is 55.2 Å². The van der Waals surface area contributed by atoms with E-state index < -0.39 is 0 Å². The van der Waals surface area contributed by atoms with Crippen molar-refractivity contribution in [2.75, 3.05) is 11.9 Å². The van der Waals surface area contributed by atoms with Crippen LogP contribution in [0.15, 0.2) is 83.7 Å². The van der Waals surface area contributed by atoms with Crippen molar-refractivity contribution in [2.24, 2.45) is 0 Å². The Balaban J connectivity index is 1.64. The highest BCUT2D eigenvalue weighted by Gasteiger charge is 2.35. The van der Waals surface area contributed by atoms with Crippen LogP contribution in [0.4, 0.5) is 5.69 Å². The van der Waals surface area contributed by atoms with Gasteiger partial charge in [0.25, 0.3) is 5.56 Å². The van der Waals surface area contributed by atoms with Crippen molar-refractivity contribution < 1.29 is 4.79 Å². The second-order valence-electron chi connectivity index (χ2n) is 7.63. The smallest absolute Gasteiger partial charge is 0.261 e. The van der Waals surface area contributed by atoms with Crippen LogP contribution in [-0.2, 0) is 17.8 Å². The maximum atomic E-state index is 13.3. The van der Waals surface area contributed by atoms with Gasteiger partial charge < -0.3 is 4.90 Å². The maximum Gasteiger partial charge on any atom is 0.261 e. The molecule has 5 nitrogen and oxygen atoms in total. The average molecular weight is 395 g/mol. The number of hydrogen-bond donors (Lipinski definition) is 0. The van der Waals surface area contributed by atoms with E-state index in [0.29, 0.717) is 29.7 Å². The summed E-state index contributed by atoms with van der Waals surface area (Å²) in [5.41, 5.74) is 3.51. The minimum absolute atomic E-state index is 0.0323. The quantitative estimate of drug-likeness (QED) is 0.529. The van der Waals surface area contributed by atoms with Crippen LogP contribution < -0.4 is 10.5 Å². The van der Waals surface area contributed by atoms with Gasteiger partial charge in [0.05, 0.1) is 23.4 Å². The normalized spacial score (nSPS) is 15.6. The van der Waals surface area contributed by atoms with Gasteiger partial charge in [0.15, 0.2) is 0 Å². The second-order valence-corrected chi connectivity index (χ2v) is 7.63. The van der Waals surface area contributed by atoms with Crippen LogP contribution in [0, 0.1) is 0 Å². The first kappa shape index (κ1) is 18.3. The first-order valence-corrected chi connectivity index (χ1v) is 10.0. The van der Waals surface area contributed by atoms with Gasteiger partial charge in [-0.05, 0) is 29.3 Å². The molecule has 2 heterocycles. The molecular formula is C25H21N3O2. The van der Waals surface area contributed by atoms with Crippen LogP contribution in [0.2, 0.25) is 0 Å². The molecule has 148 valence electrons. The van der Waals surface area contributed by atoms with E-state index in [9.17, 15) is 9.59 Å². The standard InChI is InChI=1S/C25H21N3O2/c1-27-22-14-8-6-11-18(22)20(24(27)29)15-23-26-21-13-7-5-12-19(21)25(30)28(23)16-17-9-3-2-4-10-17/h2-14,20H,15-16H2,1H3/t20-/m1/s1. The Morgan fingerprint density at radius 3 is 2.40 bits per heavy atom. The zero-order chi connectivity index (χ0) is 20.7. The largest absolute Gasteiger partial charge is 0.315 e. The van der Waals surface area contributed by atoms with Crippen LogP contribution in [0.25, 0.3) is 10.9 Å². The van der Waals surface area contributed by atoms with Crippen LogP contribution in [0.5, 0.6) is 0 Å². The van der Waals surface area contributed by atoms with E-state index in [-0.39, 0.29) is 17.4 Å². The van der Waals surface area contributed by atoms with Crippen molar-refractivity contribution in [3.8, 4) is 0 Å². The summed E-state index contributed by atoms with van der Waals surface area (Å²) in [6.45, 7) is 0.422. The molecule has 0 radical (unpaired) electrons. The van der Waals surface area contributed by atoms with Crippen LogP contribution in [0.3, 0.4) is 0 Å². The van der Waals surface area contributed by atoms with Gasteiger partial charge in [0.2, 0.25) is 5.91 Å². The molecule has 0 N–H and O–H groups in total. The van der Waals surface area contributed by atoms with Gasteiger partial charge in [0.1, 0.15) is 5.82 Å². The molecule has 30 heavy (non-hydrogen) atoms. The summed E-state index contributed by atoms with van der Waals surface area (Å²) < 4.78 is 1.71. The molecule has 5 rings (SSSR count). The molecule has 0 bridgehead atoms. The van der Waals surface area contributed by atoms with Crippen molar-refractivity contribution in [3.05, 3.63) is 106 Å². The maximum absolute atomic E-state index is 13.3. The Kier molecular flexibility index (Phi) is 4.43. The number of rotatable bonds is 4. The second kappa shape index (κ2) is 7.26. The number of fused-ring (bicyclic) bond motifs is 2. The summed E-state index contributed by atoms with van der Waals surface area (Å²) >= 11 is 0. The summed E-state index contributed by atoms with van der Waals surface area (Å²) in [5, 5.41) is 0.590. The van der Waals surface area contributed by atoms with Gasteiger partial charge in [-0.15, -0.1) is 0 Å². The Morgan fingerprint density at radius 1 is 0.867 bits per heavy atom. The average Bonchev–Trinajstić information content (AvgIpc) is 3.02. The molecule has 0 unspecified atom stereocenters. The lowest BCUT2D eigenvalue weighted by molar-refractivity contribution is -0.119. The molecular weight excluding hydrogens is 374 g/mol. The van der Waals surface area contributed by atoms with Crippen molar-refractivity contribution in [3.63, 3.8) is 0 Å². The highest BCUT2D eigenvalue weighted by molar-refractivity contribution is 6.04. The molecule has 0 spiro atoms. The summed E-state index contributed by atoms with van der Waals surface area (Å²) in [6.07, 6.45) is 0.382. The van der Waals surface area contributed by atoms with E-state index in [4.69, 9.17) is 4.98 Å². The number of hydrogen-bond acceptors (Lipinski definition) is 3. The lowest BCUT2D eigenvalue weighted by Gasteiger charge is -2.17. The fourth-order valence-corrected chi connectivity index (χ4v) is 4.25. The predicted molar refractivity (Wildman–Crippen MR) is 118 cm³/mol. The number of amides is 1.